The molecule has 0 amide bonds. The SMILES string of the molecule is CCCNC1(c2ccccc2Cl)CC1. The lowest BCUT2D eigenvalue weighted by Gasteiger charge is -2.18. The second-order valence-electron chi connectivity index (χ2n) is 3.99. The molecule has 0 saturated heterocycles. The van der Waals surface area contributed by atoms with Crippen LogP contribution < -0.4 is 5.32 Å². The van der Waals surface area contributed by atoms with E-state index < -0.39 is 0 Å². The number of hydrogen-bond acceptors (Lipinski definition) is 1. The Morgan fingerprint density at radius 2 is 2.07 bits per heavy atom. The van der Waals surface area contributed by atoms with Crippen molar-refractivity contribution in [1.82, 2.24) is 5.32 Å². The van der Waals surface area contributed by atoms with E-state index in [0.717, 1.165) is 11.6 Å². The van der Waals surface area contributed by atoms with Crippen molar-refractivity contribution in [1.29, 1.82) is 0 Å². The molecule has 1 nitrogen and oxygen atoms in total. The number of rotatable bonds is 4. The minimum Gasteiger partial charge on any atom is -0.307 e. The molecule has 2 heteroatoms. The topological polar surface area (TPSA) is 12.0 Å². The summed E-state index contributed by atoms with van der Waals surface area (Å²) in [7, 11) is 0. The van der Waals surface area contributed by atoms with Crippen LogP contribution in [0.15, 0.2) is 24.3 Å². The van der Waals surface area contributed by atoms with E-state index in [1.165, 1.54) is 24.8 Å². The van der Waals surface area contributed by atoms with Crippen molar-refractivity contribution in [3.63, 3.8) is 0 Å². The van der Waals surface area contributed by atoms with E-state index in [4.69, 9.17) is 11.6 Å². The molecule has 1 aliphatic carbocycles. The van der Waals surface area contributed by atoms with Gasteiger partial charge in [-0.15, -0.1) is 0 Å². The van der Waals surface area contributed by atoms with Crippen LogP contribution in [-0.4, -0.2) is 6.54 Å². The van der Waals surface area contributed by atoms with Crippen molar-refractivity contribution in [3.05, 3.63) is 34.9 Å². The Balaban J connectivity index is 2.18. The molecule has 0 radical (unpaired) electrons. The zero-order valence-corrected chi connectivity index (χ0v) is 9.27. The van der Waals surface area contributed by atoms with Crippen LogP contribution in [0.2, 0.25) is 5.02 Å². The van der Waals surface area contributed by atoms with Crippen LogP contribution in [0.1, 0.15) is 31.7 Å². The van der Waals surface area contributed by atoms with E-state index >= 15 is 0 Å². The average molecular weight is 210 g/mol. The van der Waals surface area contributed by atoms with Crippen LogP contribution in [0.4, 0.5) is 0 Å². The summed E-state index contributed by atoms with van der Waals surface area (Å²) < 4.78 is 0. The highest BCUT2D eigenvalue weighted by Crippen LogP contribution is 2.47. The molecule has 0 aliphatic heterocycles. The summed E-state index contributed by atoms with van der Waals surface area (Å²) in [6.45, 7) is 3.26. The first-order valence-electron chi connectivity index (χ1n) is 5.28. The third-order valence-corrected chi connectivity index (χ3v) is 3.18. The summed E-state index contributed by atoms with van der Waals surface area (Å²) in [6, 6.07) is 8.17. The van der Waals surface area contributed by atoms with Crippen molar-refractivity contribution in [2.24, 2.45) is 0 Å². The van der Waals surface area contributed by atoms with E-state index in [-0.39, 0.29) is 5.54 Å². The molecule has 0 unspecified atom stereocenters. The van der Waals surface area contributed by atoms with Crippen molar-refractivity contribution in [2.45, 2.75) is 31.7 Å². The van der Waals surface area contributed by atoms with Crippen molar-refractivity contribution in [2.75, 3.05) is 6.54 Å². The summed E-state index contributed by atoms with van der Waals surface area (Å²) in [5.41, 5.74) is 1.48. The zero-order valence-electron chi connectivity index (χ0n) is 8.52. The van der Waals surface area contributed by atoms with Crippen LogP contribution in [0.5, 0.6) is 0 Å². The Bertz CT molecular complexity index is 318. The van der Waals surface area contributed by atoms with Gasteiger partial charge in [0.05, 0.1) is 0 Å². The number of nitrogens with one attached hydrogen (secondary N) is 1. The van der Waals surface area contributed by atoms with Gasteiger partial charge in [0.2, 0.25) is 0 Å². The van der Waals surface area contributed by atoms with Crippen LogP contribution in [0, 0.1) is 0 Å². The van der Waals surface area contributed by atoms with Gasteiger partial charge in [-0.2, -0.15) is 0 Å². The fourth-order valence-corrected chi connectivity index (χ4v) is 2.20. The van der Waals surface area contributed by atoms with E-state index in [2.05, 4.69) is 24.4 Å². The highest BCUT2D eigenvalue weighted by atomic mass is 35.5. The van der Waals surface area contributed by atoms with Gasteiger partial charge in [0.15, 0.2) is 0 Å². The van der Waals surface area contributed by atoms with Crippen LogP contribution in [-0.2, 0) is 5.54 Å². The Morgan fingerprint density at radius 1 is 1.36 bits per heavy atom. The van der Waals surface area contributed by atoms with E-state index in [1.807, 2.05) is 12.1 Å². The molecule has 1 aromatic carbocycles. The molecule has 1 N–H and O–H groups in total. The standard InChI is InChI=1S/C12H16ClN/c1-2-9-14-12(7-8-12)10-5-3-4-6-11(10)13/h3-6,14H,2,7-9H2,1H3. The first-order chi connectivity index (χ1) is 6.78. The van der Waals surface area contributed by atoms with Gasteiger partial charge >= 0.3 is 0 Å². The van der Waals surface area contributed by atoms with Gasteiger partial charge in [-0.1, -0.05) is 36.7 Å². The lowest BCUT2D eigenvalue weighted by molar-refractivity contribution is 0.518. The van der Waals surface area contributed by atoms with Gasteiger partial charge < -0.3 is 5.32 Å². The highest BCUT2D eigenvalue weighted by molar-refractivity contribution is 6.31. The molecule has 2 rings (SSSR count). The molecule has 0 heterocycles. The van der Waals surface area contributed by atoms with Crippen LogP contribution in [0.3, 0.4) is 0 Å². The molecule has 0 atom stereocenters. The molecule has 1 aliphatic rings. The molecule has 1 saturated carbocycles. The normalized spacial score (nSPS) is 18.1. The quantitative estimate of drug-likeness (QED) is 0.802. The molecule has 1 aromatic rings. The lowest BCUT2D eigenvalue weighted by Crippen LogP contribution is -2.29. The van der Waals surface area contributed by atoms with E-state index in [0.29, 0.717) is 0 Å². The average Bonchev–Trinajstić information content (AvgIpc) is 2.97. The molecular formula is C12H16ClN. The molecule has 0 bridgehead atoms. The predicted octanol–water partition coefficient (Wildman–Crippen LogP) is 3.33. The van der Waals surface area contributed by atoms with Crippen molar-refractivity contribution < 1.29 is 0 Å². The van der Waals surface area contributed by atoms with Gasteiger partial charge in [-0.05, 0) is 37.4 Å². The zero-order chi connectivity index (χ0) is 10.0. The summed E-state index contributed by atoms with van der Waals surface area (Å²) in [6.07, 6.45) is 3.61. The third kappa shape index (κ3) is 1.79. The van der Waals surface area contributed by atoms with Crippen LogP contribution in [0.25, 0.3) is 0 Å². The fourth-order valence-electron chi connectivity index (χ4n) is 1.88. The van der Waals surface area contributed by atoms with Crippen molar-refractivity contribution >= 4 is 11.6 Å². The molecule has 14 heavy (non-hydrogen) atoms. The maximum Gasteiger partial charge on any atom is 0.0456 e. The predicted molar refractivity (Wildman–Crippen MR) is 60.7 cm³/mol. The number of halogens is 1. The number of hydrogen-bond donors (Lipinski definition) is 1. The number of benzene rings is 1. The molecule has 1 fully saturated rings. The second kappa shape index (κ2) is 3.92. The molecule has 0 aromatic heterocycles. The maximum absolute atomic E-state index is 6.19. The Morgan fingerprint density at radius 3 is 2.64 bits per heavy atom. The molecule has 76 valence electrons. The first-order valence-corrected chi connectivity index (χ1v) is 5.66. The maximum atomic E-state index is 6.19. The van der Waals surface area contributed by atoms with Gasteiger partial charge in [0, 0.05) is 10.6 Å². The second-order valence-corrected chi connectivity index (χ2v) is 4.40. The first kappa shape index (κ1) is 10.0. The Hall–Kier alpha value is -0.530. The van der Waals surface area contributed by atoms with E-state index in [1.54, 1.807) is 0 Å². The summed E-state index contributed by atoms with van der Waals surface area (Å²) in [5, 5.41) is 4.49. The van der Waals surface area contributed by atoms with Gasteiger partial charge in [0.1, 0.15) is 0 Å². The monoisotopic (exact) mass is 209 g/mol. The van der Waals surface area contributed by atoms with Gasteiger partial charge in [-0.25, -0.2) is 0 Å². The molecular weight excluding hydrogens is 194 g/mol. The summed E-state index contributed by atoms with van der Waals surface area (Å²) in [5.74, 6) is 0. The largest absolute Gasteiger partial charge is 0.307 e. The molecule has 0 spiro atoms. The van der Waals surface area contributed by atoms with Crippen LogP contribution >= 0.6 is 11.6 Å². The van der Waals surface area contributed by atoms with Crippen molar-refractivity contribution in [3.8, 4) is 0 Å². The van der Waals surface area contributed by atoms with Gasteiger partial charge in [-0.3, -0.25) is 0 Å². The Labute approximate surface area is 90.5 Å². The fraction of sp³-hybridized carbons (Fsp3) is 0.500. The Kier molecular flexibility index (Phi) is 2.80. The third-order valence-electron chi connectivity index (χ3n) is 2.85. The smallest absolute Gasteiger partial charge is 0.0456 e. The summed E-state index contributed by atoms with van der Waals surface area (Å²) >= 11 is 6.19. The lowest BCUT2D eigenvalue weighted by atomic mass is 10.0. The highest BCUT2D eigenvalue weighted by Gasteiger charge is 2.44. The van der Waals surface area contributed by atoms with Gasteiger partial charge in [0.25, 0.3) is 0 Å². The summed E-state index contributed by atoms with van der Waals surface area (Å²) in [4.78, 5) is 0. The minimum atomic E-state index is 0.203. The minimum absolute atomic E-state index is 0.203. The van der Waals surface area contributed by atoms with E-state index in [9.17, 15) is 0 Å².